The van der Waals surface area contributed by atoms with Crippen LogP contribution in [0.1, 0.15) is 24.1 Å². The van der Waals surface area contributed by atoms with Gasteiger partial charge >= 0.3 is 0 Å². The fourth-order valence-corrected chi connectivity index (χ4v) is 3.87. The summed E-state index contributed by atoms with van der Waals surface area (Å²) in [5.74, 6) is -0.0997. The van der Waals surface area contributed by atoms with Crippen molar-refractivity contribution < 1.29 is 4.79 Å². The van der Waals surface area contributed by atoms with Crippen molar-refractivity contribution >= 4 is 22.5 Å². The van der Waals surface area contributed by atoms with Gasteiger partial charge in [-0.05, 0) is 50.1 Å². The molecule has 3 aromatic rings. The van der Waals surface area contributed by atoms with E-state index >= 15 is 0 Å². The Morgan fingerprint density at radius 2 is 1.72 bits per heavy atom. The highest BCUT2D eigenvalue weighted by Crippen LogP contribution is 2.24. The average Bonchev–Trinajstić information content (AvgIpc) is 2.75. The first kappa shape index (κ1) is 19.1. The summed E-state index contributed by atoms with van der Waals surface area (Å²) in [5, 5.41) is 8.57. The highest BCUT2D eigenvalue weighted by atomic mass is 16.2. The Morgan fingerprint density at radius 3 is 2.48 bits per heavy atom. The number of benzene rings is 2. The second-order valence-corrected chi connectivity index (χ2v) is 7.56. The molecule has 7 heteroatoms. The van der Waals surface area contributed by atoms with E-state index in [9.17, 15) is 9.59 Å². The quantitative estimate of drug-likeness (QED) is 0.685. The van der Waals surface area contributed by atoms with E-state index in [0.29, 0.717) is 24.0 Å². The van der Waals surface area contributed by atoms with E-state index in [-0.39, 0.29) is 11.5 Å². The molecule has 0 radical (unpaired) electrons. The number of piperazine rings is 1. The molecule has 0 aliphatic carbocycles. The monoisotopic (exact) mass is 391 g/mol. The molecule has 0 bridgehead atoms. The van der Waals surface area contributed by atoms with Gasteiger partial charge < -0.3 is 9.80 Å². The summed E-state index contributed by atoms with van der Waals surface area (Å²) in [6, 6.07) is 12.7. The number of aromatic nitrogens is 3. The van der Waals surface area contributed by atoms with Crippen LogP contribution in [0.4, 0.5) is 5.69 Å². The summed E-state index contributed by atoms with van der Waals surface area (Å²) in [6.45, 7) is 8.72. The van der Waals surface area contributed by atoms with E-state index in [0.717, 1.165) is 13.1 Å². The van der Waals surface area contributed by atoms with Gasteiger partial charge in [-0.25, -0.2) is 0 Å². The van der Waals surface area contributed by atoms with Crippen LogP contribution in [-0.4, -0.2) is 52.0 Å². The number of anilines is 1. The van der Waals surface area contributed by atoms with Crippen LogP contribution in [0.3, 0.4) is 0 Å². The predicted octanol–water partition coefficient (Wildman–Crippen LogP) is 2.32. The van der Waals surface area contributed by atoms with Crippen molar-refractivity contribution in [3.8, 4) is 0 Å². The highest BCUT2D eigenvalue weighted by molar-refractivity contribution is 5.81. The van der Waals surface area contributed by atoms with Crippen LogP contribution in [0.25, 0.3) is 10.9 Å². The molecule has 1 atom stereocenters. The molecule has 0 N–H and O–H groups in total. The first-order chi connectivity index (χ1) is 14.0. The number of hydrogen-bond donors (Lipinski definition) is 0. The molecule has 1 amide bonds. The van der Waals surface area contributed by atoms with Gasteiger partial charge in [0.1, 0.15) is 11.6 Å². The molecular formula is C22H25N5O2. The number of fused-ring (bicyclic) bond motifs is 1. The second-order valence-electron chi connectivity index (χ2n) is 7.56. The van der Waals surface area contributed by atoms with Crippen LogP contribution in [0.15, 0.2) is 47.3 Å². The maximum Gasteiger partial charge on any atom is 0.278 e. The van der Waals surface area contributed by atoms with Gasteiger partial charge in [-0.3, -0.25) is 9.59 Å². The van der Waals surface area contributed by atoms with Crippen LogP contribution in [-0.2, 0) is 4.79 Å². The molecule has 0 spiro atoms. The molecule has 1 unspecified atom stereocenters. The molecule has 29 heavy (non-hydrogen) atoms. The third-order valence-electron chi connectivity index (χ3n) is 5.82. The van der Waals surface area contributed by atoms with Crippen molar-refractivity contribution in [1.29, 1.82) is 0 Å². The normalized spacial score (nSPS) is 15.6. The van der Waals surface area contributed by atoms with E-state index in [2.05, 4.69) is 47.3 Å². The SMILES string of the molecule is Cc1cccc(N2CCN(C(=O)C(C)n3nnc4ccccc4c3=O)CC2)c1C. The predicted molar refractivity (Wildman–Crippen MR) is 113 cm³/mol. The Bertz CT molecular complexity index is 1120. The molecule has 1 aliphatic heterocycles. The number of nitrogens with zero attached hydrogens (tertiary/aromatic N) is 5. The zero-order valence-electron chi connectivity index (χ0n) is 17.0. The van der Waals surface area contributed by atoms with Crippen LogP contribution in [0.5, 0.6) is 0 Å². The molecule has 2 heterocycles. The minimum absolute atomic E-state index is 0.0997. The van der Waals surface area contributed by atoms with Crippen molar-refractivity contribution in [3.63, 3.8) is 0 Å². The van der Waals surface area contributed by atoms with Crippen LogP contribution in [0, 0.1) is 13.8 Å². The van der Waals surface area contributed by atoms with Crippen LogP contribution >= 0.6 is 0 Å². The van der Waals surface area contributed by atoms with Gasteiger partial charge in [0.2, 0.25) is 5.91 Å². The Morgan fingerprint density at radius 1 is 1.00 bits per heavy atom. The van der Waals surface area contributed by atoms with Gasteiger partial charge in [0, 0.05) is 31.9 Å². The van der Waals surface area contributed by atoms with Crippen molar-refractivity contribution in [3.05, 3.63) is 63.9 Å². The Labute approximate surface area is 169 Å². The number of carbonyl (C=O) groups excluding carboxylic acids is 1. The lowest BCUT2D eigenvalue weighted by Gasteiger charge is -2.38. The maximum atomic E-state index is 13.0. The third-order valence-corrected chi connectivity index (χ3v) is 5.82. The van der Waals surface area contributed by atoms with Crippen LogP contribution in [0.2, 0.25) is 0 Å². The topological polar surface area (TPSA) is 71.3 Å². The molecule has 4 rings (SSSR count). The fourth-order valence-electron chi connectivity index (χ4n) is 3.87. The Hall–Kier alpha value is -3.22. The maximum absolute atomic E-state index is 13.0. The van der Waals surface area contributed by atoms with Gasteiger partial charge in [0.25, 0.3) is 5.56 Å². The average molecular weight is 391 g/mol. The summed E-state index contributed by atoms with van der Waals surface area (Å²) >= 11 is 0. The smallest absolute Gasteiger partial charge is 0.278 e. The summed E-state index contributed by atoms with van der Waals surface area (Å²) in [7, 11) is 0. The highest BCUT2D eigenvalue weighted by Gasteiger charge is 2.28. The molecule has 7 nitrogen and oxygen atoms in total. The number of amides is 1. The van der Waals surface area contributed by atoms with Crippen molar-refractivity contribution in [2.75, 3.05) is 31.1 Å². The Balaban J connectivity index is 1.49. The third kappa shape index (κ3) is 3.48. The number of rotatable bonds is 3. The number of carbonyl (C=O) groups is 1. The minimum Gasteiger partial charge on any atom is -0.368 e. The van der Waals surface area contributed by atoms with Crippen molar-refractivity contribution in [2.45, 2.75) is 26.8 Å². The van der Waals surface area contributed by atoms with E-state index in [1.807, 2.05) is 11.0 Å². The summed E-state index contributed by atoms with van der Waals surface area (Å²) in [5.41, 5.74) is 4.02. The van der Waals surface area contributed by atoms with E-state index in [4.69, 9.17) is 0 Å². The van der Waals surface area contributed by atoms with Gasteiger partial charge in [-0.1, -0.05) is 29.5 Å². The van der Waals surface area contributed by atoms with E-state index in [1.54, 1.807) is 25.1 Å². The summed E-state index contributed by atoms with van der Waals surface area (Å²) < 4.78 is 1.20. The summed E-state index contributed by atoms with van der Waals surface area (Å²) in [4.78, 5) is 29.9. The lowest BCUT2D eigenvalue weighted by atomic mass is 10.1. The molecule has 2 aromatic carbocycles. The lowest BCUT2D eigenvalue weighted by molar-refractivity contribution is -0.135. The molecule has 1 saturated heterocycles. The van der Waals surface area contributed by atoms with Crippen LogP contribution < -0.4 is 10.5 Å². The largest absolute Gasteiger partial charge is 0.368 e. The summed E-state index contributed by atoms with van der Waals surface area (Å²) in [6.07, 6.45) is 0. The van der Waals surface area contributed by atoms with Gasteiger partial charge in [0.15, 0.2) is 0 Å². The van der Waals surface area contributed by atoms with E-state index in [1.165, 1.54) is 21.5 Å². The molecule has 150 valence electrons. The molecule has 1 aliphatic rings. The Kier molecular flexibility index (Phi) is 5.05. The zero-order valence-corrected chi connectivity index (χ0v) is 17.0. The lowest BCUT2D eigenvalue weighted by Crippen LogP contribution is -2.51. The first-order valence-corrected chi connectivity index (χ1v) is 9.91. The van der Waals surface area contributed by atoms with Gasteiger partial charge in [-0.2, -0.15) is 4.68 Å². The second kappa shape index (κ2) is 7.66. The minimum atomic E-state index is -0.688. The van der Waals surface area contributed by atoms with Crippen molar-refractivity contribution in [1.82, 2.24) is 19.9 Å². The van der Waals surface area contributed by atoms with E-state index < -0.39 is 6.04 Å². The molecule has 1 aromatic heterocycles. The number of hydrogen-bond acceptors (Lipinski definition) is 5. The standard InChI is InChI=1S/C22H25N5O2/c1-15-7-6-10-20(16(15)2)25-11-13-26(14-12-25)21(28)17(3)27-22(29)18-8-4-5-9-19(18)23-24-27/h4-10,17H,11-14H2,1-3H3. The fraction of sp³-hybridized carbons (Fsp3) is 0.364. The molecule has 0 saturated carbocycles. The zero-order chi connectivity index (χ0) is 20.5. The molecular weight excluding hydrogens is 366 g/mol. The molecule has 1 fully saturated rings. The van der Waals surface area contributed by atoms with Gasteiger partial charge in [-0.15, -0.1) is 5.10 Å². The van der Waals surface area contributed by atoms with Crippen molar-refractivity contribution in [2.24, 2.45) is 0 Å². The van der Waals surface area contributed by atoms with Gasteiger partial charge in [0.05, 0.1) is 5.39 Å². The number of aryl methyl sites for hydroxylation is 1. The first-order valence-electron chi connectivity index (χ1n) is 9.91.